The molecular weight excluding hydrogens is 354 g/mol. The van der Waals surface area contributed by atoms with E-state index in [0.29, 0.717) is 23.6 Å². The highest BCUT2D eigenvalue weighted by Gasteiger charge is 2.24. The van der Waals surface area contributed by atoms with E-state index in [1.165, 1.54) is 24.1 Å². The van der Waals surface area contributed by atoms with Crippen LogP contribution in [0, 0.1) is 0 Å². The van der Waals surface area contributed by atoms with Gasteiger partial charge in [0.05, 0.1) is 6.04 Å². The minimum Gasteiger partial charge on any atom is -0.454 e. The average Bonchev–Trinajstić information content (AvgIpc) is 3.39. The average molecular weight is 381 g/mol. The minimum atomic E-state index is -0.0904. The molecule has 1 fully saturated rings. The second-order valence-corrected chi connectivity index (χ2v) is 7.52. The third-order valence-electron chi connectivity index (χ3n) is 5.47. The van der Waals surface area contributed by atoms with E-state index in [1.807, 2.05) is 14.1 Å². The molecule has 0 spiro atoms. The Morgan fingerprint density at radius 2 is 1.79 bits per heavy atom. The molecule has 2 heterocycles. The van der Waals surface area contributed by atoms with Gasteiger partial charge in [0.1, 0.15) is 0 Å². The lowest BCUT2D eigenvalue weighted by Gasteiger charge is -2.28. The van der Waals surface area contributed by atoms with Crippen LogP contribution in [0.3, 0.4) is 0 Å². The molecule has 1 amide bonds. The summed E-state index contributed by atoms with van der Waals surface area (Å²) in [6, 6.07) is 14.1. The van der Waals surface area contributed by atoms with Crippen LogP contribution in [-0.4, -0.2) is 51.3 Å². The van der Waals surface area contributed by atoms with Crippen LogP contribution in [0.4, 0.5) is 5.69 Å². The molecule has 1 unspecified atom stereocenters. The van der Waals surface area contributed by atoms with Crippen molar-refractivity contribution in [3.05, 3.63) is 53.6 Å². The summed E-state index contributed by atoms with van der Waals surface area (Å²) < 4.78 is 10.7. The molecule has 2 aliphatic heterocycles. The first-order valence-electron chi connectivity index (χ1n) is 9.81. The fourth-order valence-electron chi connectivity index (χ4n) is 3.83. The zero-order chi connectivity index (χ0) is 19.5. The van der Waals surface area contributed by atoms with Crippen molar-refractivity contribution in [3.63, 3.8) is 0 Å². The predicted octanol–water partition coefficient (Wildman–Crippen LogP) is 3.05. The Balaban J connectivity index is 1.47. The number of nitrogens with zero attached hydrogens (tertiary/aromatic N) is 2. The van der Waals surface area contributed by atoms with Gasteiger partial charge >= 0.3 is 0 Å². The highest BCUT2D eigenvalue weighted by Crippen LogP contribution is 2.32. The molecule has 0 radical (unpaired) electrons. The topological polar surface area (TPSA) is 54.0 Å². The Hall–Kier alpha value is -2.73. The number of hydrogen-bond acceptors (Lipinski definition) is 5. The summed E-state index contributed by atoms with van der Waals surface area (Å²) in [5, 5.41) is 3.12. The van der Waals surface area contributed by atoms with Crippen molar-refractivity contribution in [2.45, 2.75) is 18.9 Å². The van der Waals surface area contributed by atoms with Crippen LogP contribution in [0.5, 0.6) is 11.5 Å². The van der Waals surface area contributed by atoms with Crippen molar-refractivity contribution in [2.24, 2.45) is 0 Å². The molecule has 0 aromatic heterocycles. The van der Waals surface area contributed by atoms with Gasteiger partial charge < -0.3 is 19.7 Å². The van der Waals surface area contributed by atoms with Gasteiger partial charge in [-0.1, -0.05) is 12.1 Å². The van der Waals surface area contributed by atoms with Gasteiger partial charge in [0, 0.05) is 31.9 Å². The van der Waals surface area contributed by atoms with Crippen LogP contribution in [0.1, 0.15) is 34.8 Å². The Labute approximate surface area is 166 Å². The zero-order valence-electron chi connectivity index (χ0n) is 16.5. The van der Waals surface area contributed by atoms with E-state index in [2.05, 4.69) is 39.4 Å². The van der Waals surface area contributed by atoms with Gasteiger partial charge in [-0.15, -0.1) is 0 Å². The van der Waals surface area contributed by atoms with E-state index >= 15 is 0 Å². The number of fused-ring (bicyclic) bond motifs is 1. The maximum atomic E-state index is 12.7. The lowest BCUT2D eigenvalue weighted by atomic mass is 10.0. The smallest absolute Gasteiger partial charge is 0.251 e. The number of likely N-dealkylation sites (tertiary alicyclic amines) is 1. The van der Waals surface area contributed by atoms with Crippen molar-refractivity contribution in [2.75, 3.05) is 45.4 Å². The van der Waals surface area contributed by atoms with E-state index in [-0.39, 0.29) is 18.7 Å². The highest BCUT2D eigenvalue weighted by atomic mass is 16.7. The molecule has 28 heavy (non-hydrogen) atoms. The van der Waals surface area contributed by atoms with Gasteiger partial charge in [0.25, 0.3) is 5.91 Å². The first-order valence-corrected chi connectivity index (χ1v) is 9.81. The van der Waals surface area contributed by atoms with E-state index in [9.17, 15) is 4.79 Å². The standard InChI is InChI=1S/C22H27N3O3/c1-24(2)18-8-5-16(6-9-18)19(25-11-3-4-12-25)14-23-22(26)17-7-10-20-21(13-17)28-15-27-20/h5-10,13,19H,3-4,11-12,14-15H2,1-2H3,(H,23,26). The largest absolute Gasteiger partial charge is 0.454 e. The number of amides is 1. The maximum Gasteiger partial charge on any atom is 0.251 e. The molecule has 6 nitrogen and oxygen atoms in total. The van der Waals surface area contributed by atoms with Crippen LogP contribution in [-0.2, 0) is 0 Å². The summed E-state index contributed by atoms with van der Waals surface area (Å²) in [6.45, 7) is 2.93. The normalized spacial score (nSPS) is 16.8. The van der Waals surface area contributed by atoms with Gasteiger partial charge in [-0.3, -0.25) is 9.69 Å². The third kappa shape index (κ3) is 3.92. The first kappa shape index (κ1) is 18.6. The maximum absolute atomic E-state index is 12.7. The fraction of sp³-hybridized carbons (Fsp3) is 0.409. The van der Waals surface area contributed by atoms with Gasteiger partial charge in [0.2, 0.25) is 6.79 Å². The van der Waals surface area contributed by atoms with Crippen LogP contribution >= 0.6 is 0 Å². The Kier molecular flexibility index (Phi) is 5.39. The SMILES string of the molecule is CN(C)c1ccc(C(CNC(=O)c2ccc3c(c2)OCO3)N2CCCC2)cc1. The van der Waals surface area contributed by atoms with Gasteiger partial charge in [-0.2, -0.15) is 0 Å². The van der Waals surface area contributed by atoms with Gasteiger partial charge in [-0.25, -0.2) is 0 Å². The Morgan fingerprint density at radius 3 is 2.50 bits per heavy atom. The van der Waals surface area contributed by atoms with Crippen LogP contribution in [0.2, 0.25) is 0 Å². The Morgan fingerprint density at radius 1 is 1.07 bits per heavy atom. The molecule has 1 N–H and O–H groups in total. The summed E-state index contributed by atoms with van der Waals surface area (Å²) in [5.74, 6) is 1.22. The summed E-state index contributed by atoms with van der Waals surface area (Å²) >= 11 is 0. The van der Waals surface area contributed by atoms with E-state index in [4.69, 9.17) is 9.47 Å². The minimum absolute atomic E-state index is 0.0904. The fourth-order valence-corrected chi connectivity index (χ4v) is 3.83. The number of hydrogen-bond donors (Lipinski definition) is 1. The van der Waals surface area contributed by atoms with E-state index in [0.717, 1.165) is 13.1 Å². The van der Waals surface area contributed by atoms with Crippen molar-refractivity contribution in [3.8, 4) is 11.5 Å². The van der Waals surface area contributed by atoms with Crippen molar-refractivity contribution < 1.29 is 14.3 Å². The number of carbonyl (C=O) groups is 1. The van der Waals surface area contributed by atoms with Crippen molar-refractivity contribution >= 4 is 11.6 Å². The molecule has 1 atom stereocenters. The summed E-state index contributed by atoms with van der Waals surface area (Å²) in [7, 11) is 4.08. The second kappa shape index (κ2) is 8.10. The lowest BCUT2D eigenvalue weighted by molar-refractivity contribution is 0.0937. The molecular formula is C22H27N3O3. The number of benzene rings is 2. The molecule has 2 aromatic rings. The number of nitrogens with one attached hydrogen (secondary N) is 1. The first-order chi connectivity index (χ1) is 13.6. The monoisotopic (exact) mass is 381 g/mol. The number of rotatable bonds is 6. The molecule has 0 bridgehead atoms. The van der Waals surface area contributed by atoms with Crippen LogP contribution in [0.15, 0.2) is 42.5 Å². The number of ether oxygens (including phenoxy) is 2. The van der Waals surface area contributed by atoms with Gasteiger partial charge in [0.15, 0.2) is 11.5 Å². The summed E-state index contributed by atoms with van der Waals surface area (Å²) in [4.78, 5) is 17.3. The second-order valence-electron chi connectivity index (χ2n) is 7.52. The summed E-state index contributed by atoms with van der Waals surface area (Å²) in [5.41, 5.74) is 3.00. The molecule has 0 saturated carbocycles. The molecule has 0 aliphatic carbocycles. The van der Waals surface area contributed by atoms with Crippen molar-refractivity contribution in [1.82, 2.24) is 10.2 Å². The number of carbonyl (C=O) groups excluding carboxylic acids is 1. The van der Waals surface area contributed by atoms with Crippen LogP contribution < -0.4 is 19.7 Å². The number of anilines is 1. The van der Waals surface area contributed by atoms with E-state index in [1.54, 1.807) is 18.2 Å². The van der Waals surface area contributed by atoms with Crippen LogP contribution in [0.25, 0.3) is 0 Å². The van der Waals surface area contributed by atoms with Gasteiger partial charge in [-0.05, 0) is 61.8 Å². The predicted molar refractivity (Wildman–Crippen MR) is 109 cm³/mol. The molecule has 1 saturated heterocycles. The van der Waals surface area contributed by atoms with Crippen molar-refractivity contribution in [1.29, 1.82) is 0 Å². The quantitative estimate of drug-likeness (QED) is 0.834. The molecule has 2 aromatic carbocycles. The third-order valence-corrected chi connectivity index (χ3v) is 5.47. The molecule has 6 heteroatoms. The summed E-state index contributed by atoms with van der Waals surface area (Å²) in [6.07, 6.45) is 2.42. The lowest BCUT2D eigenvalue weighted by Crippen LogP contribution is -2.36. The molecule has 4 rings (SSSR count). The Bertz CT molecular complexity index is 829. The molecule has 2 aliphatic rings. The van der Waals surface area contributed by atoms with E-state index < -0.39 is 0 Å². The molecule has 148 valence electrons. The zero-order valence-corrected chi connectivity index (χ0v) is 16.5. The highest BCUT2D eigenvalue weighted by molar-refractivity contribution is 5.95.